The summed E-state index contributed by atoms with van der Waals surface area (Å²) < 4.78 is 0. The zero-order valence-electron chi connectivity index (χ0n) is 18.6. The Bertz CT molecular complexity index is 870. The van der Waals surface area contributed by atoms with Crippen molar-refractivity contribution in [2.75, 3.05) is 0 Å². The summed E-state index contributed by atoms with van der Waals surface area (Å²) in [4.78, 5) is 60.0. The predicted octanol–water partition coefficient (Wildman–Crippen LogP) is -1.05. The van der Waals surface area contributed by atoms with Crippen LogP contribution in [-0.4, -0.2) is 69.1 Å². The van der Waals surface area contributed by atoms with Gasteiger partial charge < -0.3 is 37.0 Å². The van der Waals surface area contributed by atoms with E-state index in [1.165, 1.54) is 31.2 Å². The van der Waals surface area contributed by atoms with Gasteiger partial charge in [-0.1, -0.05) is 26.0 Å². The van der Waals surface area contributed by atoms with Crippen molar-refractivity contribution in [1.82, 2.24) is 16.0 Å². The highest BCUT2D eigenvalue weighted by molar-refractivity contribution is 5.94. The molecule has 0 aromatic heterocycles. The molecule has 0 aliphatic heterocycles. The lowest BCUT2D eigenvalue weighted by Gasteiger charge is -2.26. The Hall–Kier alpha value is -3.67. The minimum absolute atomic E-state index is 0.0188. The van der Waals surface area contributed by atoms with E-state index in [4.69, 9.17) is 10.8 Å². The number of carbonyl (C=O) groups excluding carboxylic acids is 3. The summed E-state index contributed by atoms with van der Waals surface area (Å²) in [7, 11) is 0. The normalized spacial score (nSPS) is 14.5. The standard InChI is InChI=1S/C21H30N4O8/c1-10(2)17(25-18(29)11(3)22)20(31)23-14(8-12-4-6-13(26)7-5-12)19(30)24-15(21(32)33)9-16(27)28/h4-7,10-11,14-15,17,26H,8-9,22H2,1-3H3,(H,23,31)(H,24,30)(H,25,29)(H,27,28)(H,32,33). The first-order chi connectivity index (χ1) is 15.3. The number of carboxylic acid groups (broad SMARTS) is 2. The molecule has 0 heterocycles. The second-order valence-corrected chi connectivity index (χ2v) is 7.95. The molecule has 0 saturated carbocycles. The van der Waals surface area contributed by atoms with Crippen molar-refractivity contribution in [3.63, 3.8) is 0 Å². The maximum atomic E-state index is 12.9. The maximum Gasteiger partial charge on any atom is 0.326 e. The summed E-state index contributed by atoms with van der Waals surface area (Å²) in [5.74, 6) is -5.58. The molecule has 0 aliphatic rings. The van der Waals surface area contributed by atoms with E-state index >= 15 is 0 Å². The molecule has 12 heteroatoms. The summed E-state index contributed by atoms with van der Waals surface area (Å²) in [6.45, 7) is 4.79. The average molecular weight is 466 g/mol. The molecule has 4 atom stereocenters. The van der Waals surface area contributed by atoms with Gasteiger partial charge in [0.25, 0.3) is 0 Å². The molecule has 1 aromatic rings. The largest absolute Gasteiger partial charge is 0.508 e. The van der Waals surface area contributed by atoms with E-state index in [-0.39, 0.29) is 18.1 Å². The lowest BCUT2D eigenvalue weighted by Crippen LogP contribution is -2.58. The lowest BCUT2D eigenvalue weighted by molar-refractivity contribution is -0.147. The molecular weight excluding hydrogens is 436 g/mol. The first kappa shape index (κ1) is 27.4. The highest BCUT2D eigenvalue weighted by atomic mass is 16.4. The summed E-state index contributed by atoms with van der Waals surface area (Å²) in [5, 5.41) is 34.7. The second-order valence-electron chi connectivity index (χ2n) is 7.95. The summed E-state index contributed by atoms with van der Waals surface area (Å²) >= 11 is 0. The molecule has 0 bridgehead atoms. The molecule has 1 aromatic carbocycles. The highest BCUT2D eigenvalue weighted by Crippen LogP contribution is 2.12. The molecule has 8 N–H and O–H groups in total. The fourth-order valence-corrected chi connectivity index (χ4v) is 2.81. The molecular formula is C21H30N4O8. The predicted molar refractivity (Wildman–Crippen MR) is 116 cm³/mol. The van der Waals surface area contributed by atoms with Crippen molar-refractivity contribution in [2.24, 2.45) is 11.7 Å². The number of hydrogen-bond acceptors (Lipinski definition) is 7. The van der Waals surface area contributed by atoms with Crippen molar-refractivity contribution in [3.8, 4) is 5.75 Å². The van der Waals surface area contributed by atoms with E-state index in [1.807, 2.05) is 0 Å². The third kappa shape index (κ3) is 9.15. The van der Waals surface area contributed by atoms with Gasteiger partial charge in [0.1, 0.15) is 23.9 Å². The van der Waals surface area contributed by atoms with Crippen LogP contribution in [0, 0.1) is 5.92 Å². The molecule has 0 radical (unpaired) electrons. The zero-order chi connectivity index (χ0) is 25.3. The van der Waals surface area contributed by atoms with E-state index < -0.39 is 60.2 Å². The van der Waals surface area contributed by atoms with Crippen LogP contribution in [0.2, 0.25) is 0 Å². The topological polar surface area (TPSA) is 208 Å². The van der Waals surface area contributed by atoms with Crippen molar-refractivity contribution in [3.05, 3.63) is 29.8 Å². The number of rotatable bonds is 12. The lowest BCUT2D eigenvalue weighted by atomic mass is 10.00. The number of hydrogen-bond donors (Lipinski definition) is 7. The number of nitrogens with two attached hydrogens (primary N) is 1. The van der Waals surface area contributed by atoms with Crippen LogP contribution in [-0.2, 0) is 30.4 Å². The summed E-state index contributed by atoms with van der Waals surface area (Å²) in [5.41, 5.74) is 6.07. The van der Waals surface area contributed by atoms with Crippen LogP contribution in [0.1, 0.15) is 32.8 Å². The summed E-state index contributed by atoms with van der Waals surface area (Å²) in [6, 6.07) is 0.832. The molecule has 3 amide bonds. The summed E-state index contributed by atoms with van der Waals surface area (Å²) in [6.07, 6.45) is -0.955. The van der Waals surface area contributed by atoms with Crippen LogP contribution >= 0.6 is 0 Å². The van der Waals surface area contributed by atoms with E-state index in [1.54, 1.807) is 13.8 Å². The first-order valence-corrected chi connectivity index (χ1v) is 10.2. The number of benzene rings is 1. The number of aliphatic carboxylic acids is 2. The fourth-order valence-electron chi connectivity index (χ4n) is 2.81. The molecule has 0 fully saturated rings. The number of carbonyl (C=O) groups is 5. The fraction of sp³-hybridized carbons (Fsp3) is 0.476. The number of aromatic hydroxyl groups is 1. The Morgan fingerprint density at radius 2 is 1.39 bits per heavy atom. The van der Waals surface area contributed by atoms with Gasteiger partial charge in [-0.15, -0.1) is 0 Å². The van der Waals surface area contributed by atoms with Crippen LogP contribution in [0.4, 0.5) is 0 Å². The molecule has 0 spiro atoms. The van der Waals surface area contributed by atoms with Crippen LogP contribution in [0.3, 0.4) is 0 Å². The molecule has 0 aliphatic carbocycles. The van der Waals surface area contributed by atoms with Gasteiger partial charge in [-0.05, 0) is 30.5 Å². The number of phenolic OH excluding ortho intramolecular Hbond substituents is 1. The second kappa shape index (κ2) is 12.4. The minimum Gasteiger partial charge on any atom is -0.508 e. The van der Waals surface area contributed by atoms with Gasteiger partial charge >= 0.3 is 11.9 Å². The number of nitrogens with one attached hydrogen (secondary N) is 3. The van der Waals surface area contributed by atoms with E-state index in [0.717, 1.165) is 0 Å². The van der Waals surface area contributed by atoms with E-state index in [0.29, 0.717) is 5.56 Å². The SMILES string of the molecule is CC(N)C(=O)NC(C(=O)NC(Cc1ccc(O)cc1)C(=O)NC(CC(=O)O)C(=O)O)C(C)C. The first-order valence-electron chi connectivity index (χ1n) is 10.2. The molecule has 0 saturated heterocycles. The third-order valence-corrected chi connectivity index (χ3v) is 4.66. The van der Waals surface area contributed by atoms with Gasteiger partial charge in [-0.2, -0.15) is 0 Å². The van der Waals surface area contributed by atoms with Crippen molar-refractivity contribution in [2.45, 2.75) is 57.8 Å². The zero-order valence-corrected chi connectivity index (χ0v) is 18.6. The van der Waals surface area contributed by atoms with Crippen LogP contribution in [0.25, 0.3) is 0 Å². The van der Waals surface area contributed by atoms with Gasteiger partial charge in [0.05, 0.1) is 12.5 Å². The van der Waals surface area contributed by atoms with E-state index in [2.05, 4.69) is 16.0 Å². The number of amides is 3. The van der Waals surface area contributed by atoms with Gasteiger partial charge in [-0.25, -0.2) is 4.79 Å². The molecule has 12 nitrogen and oxygen atoms in total. The van der Waals surface area contributed by atoms with Gasteiger partial charge in [0.15, 0.2) is 0 Å². The van der Waals surface area contributed by atoms with Crippen LogP contribution in [0.5, 0.6) is 5.75 Å². The average Bonchev–Trinajstić information content (AvgIpc) is 2.71. The smallest absolute Gasteiger partial charge is 0.326 e. The highest BCUT2D eigenvalue weighted by Gasteiger charge is 2.32. The number of carboxylic acids is 2. The molecule has 182 valence electrons. The van der Waals surface area contributed by atoms with Crippen molar-refractivity contribution >= 4 is 29.7 Å². The van der Waals surface area contributed by atoms with Crippen molar-refractivity contribution in [1.29, 1.82) is 0 Å². The van der Waals surface area contributed by atoms with Gasteiger partial charge in [0.2, 0.25) is 17.7 Å². The third-order valence-electron chi connectivity index (χ3n) is 4.66. The maximum absolute atomic E-state index is 12.9. The number of phenols is 1. The minimum atomic E-state index is -1.71. The van der Waals surface area contributed by atoms with E-state index in [9.17, 15) is 34.2 Å². The molecule has 1 rings (SSSR count). The Morgan fingerprint density at radius 1 is 0.848 bits per heavy atom. The van der Waals surface area contributed by atoms with Crippen molar-refractivity contribution < 1.29 is 39.3 Å². The Morgan fingerprint density at radius 3 is 1.85 bits per heavy atom. The van der Waals surface area contributed by atoms with Crippen LogP contribution in [0.15, 0.2) is 24.3 Å². The van der Waals surface area contributed by atoms with Gasteiger partial charge in [-0.3, -0.25) is 19.2 Å². The Kier molecular flexibility index (Phi) is 10.3. The Labute approximate surface area is 190 Å². The monoisotopic (exact) mass is 466 g/mol. The molecule has 33 heavy (non-hydrogen) atoms. The molecule has 4 unspecified atom stereocenters. The quantitative estimate of drug-likeness (QED) is 0.200. The van der Waals surface area contributed by atoms with Crippen LogP contribution < -0.4 is 21.7 Å². The van der Waals surface area contributed by atoms with Gasteiger partial charge in [0, 0.05) is 6.42 Å². The Balaban J connectivity index is 3.14.